The van der Waals surface area contributed by atoms with Crippen LogP contribution in [0.15, 0.2) is 28.1 Å². The van der Waals surface area contributed by atoms with E-state index in [1.165, 1.54) is 5.56 Å². The number of rotatable bonds is 3. The number of hydrogen-bond acceptors (Lipinski definition) is 3. The van der Waals surface area contributed by atoms with E-state index in [0.29, 0.717) is 5.75 Å². The highest BCUT2D eigenvalue weighted by Crippen LogP contribution is 2.39. The van der Waals surface area contributed by atoms with Gasteiger partial charge in [0.1, 0.15) is 0 Å². The van der Waals surface area contributed by atoms with Gasteiger partial charge in [0, 0.05) is 10.2 Å². The first-order chi connectivity index (χ1) is 9.66. The molecule has 5 heteroatoms. The van der Waals surface area contributed by atoms with Crippen LogP contribution in [0.5, 0.6) is 0 Å². The maximum atomic E-state index is 6.10. The Balaban J connectivity index is 2.33. The first-order valence-electron chi connectivity index (χ1n) is 7.09. The van der Waals surface area contributed by atoms with Crippen molar-refractivity contribution in [3.05, 3.63) is 39.3 Å². The average Bonchev–Trinajstić information content (AvgIpc) is 2.59. The van der Waals surface area contributed by atoms with Gasteiger partial charge in [-0.3, -0.25) is 0 Å². The van der Waals surface area contributed by atoms with E-state index < -0.39 is 0 Å². The van der Waals surface area contributed by atoms with E-state index >= 15 is 0 Å². The normalized spacial score (nSPS) is 20.9. The second-order valence-corrected chi connectivity index (χ2v) is 7.66. The Kier molecular flexibility index (Phi) is 4.99. The van der Waals surface area contributed by atoms with Crippen LogP contribution in [-0.4, -0.2) is 24.1 Å². The van der Waals surface area contributed by atoms with Gasteiger partial charge in [-0.1, -0.05) is 39.7 Å². The van der Waals surface area contributed by atoms with Gasteiger partial charge in [-0.05, 0) is 51.7 Å². The maximum absolute atomic E-state index is 6.10. The van der Waals surface area contributed by atoms with Crippen LogP contribution in [0.4, 0.5) is 0 Å². The molecule has 0 saturated carbocycles. The monoisotopic (exact) mass is 368 g/mol. The van der Waals surface area contributed by atoms with E-state index in [2.05, 4.69) is 87.5 Å². The zero-order chi connectivity index (χ0) is 15.8. The van der Waals surface area contributed by atoms with Gasteiger partial charge in [-0.2, -0.15) is 12.6 Å². The van der Waals surface area contributed by atoms with Crippen molar-refractivity contribution in [3.63, 3.8) is 0 Å². The summed E-state index contributed by atoms with van der Waals surface area (Å²) >= 11 is 8.04. The summed E-state index contributed by atoms with van der Waals surface area (Å²) in [5.41, 5.74) is 2.71. The SMILES string of the molecule is Cc1ccc(Br)c(C=C(CS)B2OC(C)(C)C(C)(C)O2)c1. The predicted octanol–water partition coefficient (Wildman–Crippen LogP) is 4.70. The van der Waals surface area contributed by atoms with Gasteiger partial charge in [0.05, 0.1) is 11.2 Å². The van der Waals surface area contributed by atoms with Crippen molar-refractivity contribution in [1.82, 2.24) is 0 Å². The average molecular weight is 369 g/mol. The lowest BCUT2D eigenvalue weighted by Crippen LogP contribution is -2.41. The Labute approximate surface area is 142 Å². The van der Waals surface area contributed by atoms with Gasteiger partial charge in [-0.15, -0.1) is 0 Å². The molecule has 1 aliphatic rings. The maximum Gasteiger partial charge on any atom is 0.491 e. The topological polar surface area (TPSA) is 18.5 Å². The Morgan fingerprint density at radius 3 is 2.33 bits per heavy atom. The summed E-state index contributed by atoms with van der Waals surface area (Å²) in [6.07, 6.45) is 2.10. The van der Waals surface area contributed by atoms with Crippen LogP contribution in [0.2, 0.25) is 0 Å². The highest BCUT2D eigenvalue weighted by molar-refractivity contribution is 9.10. The van der Waals surface area contributed by atoms with E-state index in [1.54, 1.807) is 0 Å². The van der Waals surface area contributed by atoms with E-state index in [1.807, 2.05) is 0 Å². The van der Waals surface area contributed by atoms with Crippen LogP contribution in [-0.2, 0) is 9.31 Å². The minimum atomic E-state index is -0.347. The van der Waals surface area contributed by atoms with Crippen molar-refractivity contribution in [2.45, 2.75) is 45.8 Å². The van der Waals surface area contributed by atoms with Gasteiger partial charge in [-0.25, -0.2) is 0 Å². The van der Waals surface area contributed by atoms with Crippen molar-refractivity contribution in [2.75, 3.05) is 5.75 Å². The number of hydrogen-bond donors (Lipinski definition) is 1. The van der Waals surface area contributed by atoms with Crippen LogP contribution in [0.3, 0.4) is 0 Å². The molecule has 0 amide bonds. The first-order valence-corrected chi connectivity index (χ1v) is 8.52. The molecule has 1 aliphatic heterocycles. The molecule has 0 spiro atoms. The minimum absolute atomic E-state index is 0.330. The van der Waals surface area contributed by atoms with E-state index in [0.717, 1.165) is 15.5 Å². The molecule has 2 nitrogen and oxygen atoms in total. The number of benzene rings is 1. The molecule has 0 N–H and O–H groups in total. The van der Waals surface area contributed by atoms with Gasteiger partial charge < -0.3 is 9.31 Å². The molecule has 0 radical (unpaired) electrons. The molecule has 0 aromatic heterocycles. The van der Waals surface area contributed by atoms with Crippen molar-refractivity contribution in [1.29, 1.82) is 0 Å². The van der Waals surface area contributed by atoms with Gasteiger partial charge >= 0.3 is 7.12 Å². The van der Waals surface area contributed by atoms with Crippen molar-refractivity contribution in [3.8, 4) is 0 Å². The first kappa shape index (κ1) is 17.1. The fraction of sp³-hybridized carbons (Fsp3) is 0.500. The van der Waals surface area contributed by atoms with Crippen LogP contribution in [0.1, 0.15) is 38.8 Å². The smallest absolute Gasteiger partial charge is 0.400 e. The summed E-state index contributed by atoms with van der Waals surface area (Å²) in [6.45, 7) is 10.3. The molecule has 0 atom stereocenters. The fourth-order valence-corrected chi connectivity index (χ4v) is 2.76. The number of thiol groups is 1. The van der Waals surface area contributed by atoms with Gasteiger partial charge in [0.25, 0.3) is 0 Å². The zero-order valence-corrected chi connectivity index (χ0v) is 15.7. The third-order valence-electron chi connectivity index (χ3n) is 4.23. The Morgan fingerprint density at radius 2 is 1.81 bits per heavy atom. The van der Waals surface area contributed by atoms with Crippen molar-refractivity contribution < 1.29 is 9.31 Å². The van der Waals surface area contributed by atoms with Gasteiger partial charge in [0.15, 0.2) is 0 Å². The molecule has 1 aromatic rings. The number of aryl methyl sites for hydroxylation is 1. The van der Waals surface area contributed by atoms with Crippen molar-refractivity contribution in [2.24, 2.45) is 0 Å². The van der Waals surface area contributed by atoms with E-state index in [4.69, 9.17) is 9.31 Å². The molecular weight excluding hydrogens is 347 g/mol. The lowest BCUT2D eigenvalue weighted by molar-refractivity contribution is 0.00578. The third kappa shape index (κ3) is 3.58. The third-order valence-corrected chi connectivity index (χ3v) is 5.32. The number of halogens is 1. The summed E-state index contributed by atoms with van der Waals surface area (Å²) in [6, 6.07) is 6.27. The fourth-order valence-electron chi connectivity index (χ4n) is 2.16. The molecule has 114 valence electrons. The van der Waals surface area contributed by atoms with Crippen LogP contribution >= 0.6 is 28.6 Å². The quantitative estimate of drug-likeness (QED) is 0.615. The molecule has 1 fully saturated rings. The molecule has 2 rings (SSSR count). The van der Waals surface area contributed by atoms with Crippen molar-refractivity contribution >= 4 is 41.8 Å². The molecule has 21 heavy (non-hydrogen) atoms. The van der Waals surface area contributed by atoms with Crippen LogP contribution in [0.25, 0.3) is 6.08 Å². The summed E-state index contributed by atoms with van der Waals surface area (Å²) in [7, 11) is -0.347. The second kappa shape index (κ2) is 6.11. The summed E-state index contributed by atoms with van der Waals surface area (Å²) < 4.78 is 13.3. The van der Waals surface area contributed by atoms with Gasteiger partial charge in [0.2, 0.25) is 0 Å². The lowest BCUT2D eigenvalue weighted by Gasteiger charge is -2.32. The van der Waals surface area contributed by atoms with Crippen LogP contribution in [0, 0.1) is 6.92 Å². The molecular formula is C16H22BBrO2S. The Hall–Kier alpha value is -0.225. The lowest BCUT2D eigenvalue weighted by atomic mass is 9.78. The highest BCUT2D eigenvalue weighted by Gasteiger charge is 2.52. The molecule has 1 saturated heterocycles. The van der Waals surface area contributed by atoms with E-state index in [9.17, 15) is 0 Å². The largest absolute Gasteiger partial charge is 0.491 e. The molecule has 0 bridgehead atoms. The summed E-state index contributed by atoms with van der Waals surface area (Å²) in [5, 5.41) is 0. The highest BCUT2D eigenvalue weighted by atomic mass is 79.9. The van der Waals surface area contributed by atoms with E-state index in [-0.39, 0.29) is 18.3 Å². The van der Waals surface area contributed by atoms with Crippen LogP contribution < -0.4 is 0 Å². The molecule has 1 aromatic carbocycles. The minimum Gasteiger partial charge on any atom is -0.400 e. The Bertz CT molecular complexity index is 553. The standard InChI is InChI=1S/C16H22BBrO2S/c1-11-6-7-14(18)12(8-11)9-13(10-21)17-19-15(2,3)16(4,5)20-17/h6-9,21H,10H2,1-5H3. The second-order valence-electron chi connectivity index (χ2n) is 6.49. The zero-order valence-electron chi connectivity index (χ0n) is 13.2. The summed E-state index contributed by atoms with van der Waals surface area (Å²) in [4.78, 5) is 0. The molecule has 0 unspecified atom stereocenters. The molecule has 0 aliphatic carbocycles. The molecule has 1 heterocycles. The Morgan fingerprint density at radius 1 is 1.24 bits per heavy atom. The summed E-state index contributed by atoms with van der Waals surface area (Å²) in [5.74, 6) is 0.594. The predicted molar refractivity (Wildman–Crippen MR) is 96.8 cm³/mol.